The van der Waals surface area contributed by atoms with Crippen LogP contribution in [0.2, 0.25) is 0 Å². The van der Waals surface area contributed by atoms with Gasteiger partial charge in [-0.3, -0.25) is 5.10 Å². The van der Waals surface area contributed by atoms with Crippen LogP contribution in [0.15, 0.2) is 30.3 Å². The molecule has 3 aromatic rings. The van der Waals surface area contributed by atoms with E-state index in [1.54, 1.807) is 0 Å². The lowest BCUT2D eigenvalue weighted by atomic mass is 10.2. The smallest absolute Gasteiger partial charge is 0.230 e. The topological polar surface area (TPSA) is 92.5 Å². The van der Waals surface area contributed by atoms with Gasteiger partial charge < -0.3 is 11.1 Å². The number of hydrogen-bond acceptors (Lipinski definition) is 5. The number of nitrogens with zero attached hydrogens (tertiary/aromatic N) is 3. The Bertz CT molecular complexity index is 718. The zero-order valence-electron chi connectivity index (χ0n) is 10.5. The maximum absolute atomic E-state index is 5.92. The van der Waals surface area contributed by atoms with Gasteiger partial charge in [0.15, 0.2) is 5.82 Å². The van der Waals surface area contributed by atoms with Crippen LogP contribution in [0.1, 0.15) is 12.6 Å². The average Bonchev–Trinajstić information content (AvgIpc) is 2.86. The van der Waals surface area contributed by atoms with Gasteiger partial charge in [0.1, 0.15) is 5.82 Å². The molecule has 0 aliphatic carbocycles. The van der Waals surface area contributed by atoms with Crippen LogP contribution in [0, 0.1) is 0 Å². The first kappa shape index (κ1) is 11.5. The SMILES string of the molecule is CCc1cc(Nc2nc(N)c3ccccc3n2)n[nH]1. The lowest BCUT2D eigenvalue weighted by molar-refractivity contribution is 0.975. The first-order chi connectivity index (χ1) is 9.26. The fourth-order valence-electron chi connectivity index (χ4n) is 1.88. The molecule has 96 valence electrons. The fraction of sp³-hybridized carbons (Fsp3) is 0.154. The maximum Gasteiger partial charge on any atom is 0.230 e. The molecule has 3 rings (SSSR count). The molecule has 0 radical (unpaired) electrons. The molecule has 0 atom stereocenters. The van der Waals surface area contributed by atoms with Gasteiger partial charge in [-0.2, -0.15) is 10.1 Å². The first-order valence-electron chi connectivity index (χ1n) is 6.10. The molecule has 2 aromatic heterocycles. The number of aromatic amines is 1. The fourth-order valence-corrected chi connectivity index (χ4v) is 1.88. The van der Waals surface area contributed by atoms with E-state index >= 15 is 0 Å². The molecule has 0 bridgehead atoms. The van der Waals surface area contributed by atoms with E-state index in [1.807, 2.05) is 30.3 Å². The molecule has 6 nitrogen and oxygen atoms in total. The van der Waals surface area contributed by atoms with Crippen molar-refractivity contribution in [2.24, 2.45) is 0 Å². The van der Waals surface area contributed by atoms with Gasteiger partial charge in [0, 0.05) is 17.1 Å². The molecule has 1 aromatic carbocycles. The molecule has 0 aliphatic heterocycles. The van der Waals surface area contributed by atoms with E-state index in [1.165, 1.54) is 0 Å². The van der Waals surface area contributed by atoms with E-state index in [4.69, 9.17) is 5.73 Å². The molecule has 6 heteroatoms. The standard InChI is InChI=1S/C13H14N6/c1-2-8-7-11(19-18-8)16-13-15-10-6-4-3-5-9(10)12(14)17-13/h3-7H,2H2,1H3,(H4,14,15,16,17,18,19). The second-order valence-electron chi connectivity index (χ2n) is 4.21. The van der Waals surface area contributed by atoms with Crippen molar-refractivity contribution in [1.82, 2.24) is 20.2 Å². The molecule has 0 amide bonds. The maximum atomic E-state index is 5.92. The van der Waals surface area contributed by atoms with Gasteiger partial charge in [0.2, 0.25) is 5.95 Å². The Morgan fingerprint density at radius 1 is 1.26 bits per heavy atom. The number of H-pyrrole nitrogens is 1. The molecule has 0 aliphatic rings. The summed E-state index contributed by atoms with van der Waals surface area (Å²) in [5.41, 5.74) is 7.78. The summed E-state index contributed by atoms with van der Waals surface area (Å²) in [5, 5.41) is 11.0. The third kappa shape index (κ3) is 2.20. The highest BCUT2D eigenvalue weighted by atomic mass is 15.2. The van der Waals surface area contributed by atoms with Crippen LogP contribution in [-0.2, 0) is 6.42 Å². The number of aryl methyl sites for hydroxylation is 1. The number of anilines is 3. The van der Waals surface area contributed by atoms with Crippen LogP contribution in [-0.4, -0.2) is 20.2 Å². The lowest BCUT2D eigenvalue weighted by Gasteiger charge is -2.05. The van der Waals surface area contributed by atoms with Gasteiger partial charge in [-0.25, -0.2) is 4.98 Å². The quantitative estimate of drug-likeness (QED) is 0.666. The Balaban J connectivity index is 1.96. The van der Waals surface area contributed by atoms with Crippen molar-refractivity contribution in [2.75, 3.05) is 11.1 Å². The normalized spacial score (nSPS) is 10.8. The van der Waals surface area contributed by atoms with Crippen LogP contribution >= 0.6 is 0 Å². The van der Waals surface area contributed by atoms with E-state index < -0.39 is 0 Å². The van der Waals surface area contributed by atoms with Gasteiger partial charge in [-0.1, -0.05) is 19.1 Å². The Hall–Kier alpha value is -2.63. The monoisotopic (exact) mass is 254 g/mol. The summed E-state index contributed by atoms with van der Waals surface area (Å²) in [6, 6.07) is 9.56. The summed E-state index contributed by atoms with van der Waals surface area (Å²) in [5.74, 6) is 1.59. The molecule has 0 saturated carbocycles. The number of para-hydroxylation sites is 1. The predicted octanol–water partition coefficient (Wildman–Crippen LogP) is 2.24. The first-order valence-corrected chi connectivity index (χ1v) is 6.10. The van der Waals surface area contributed by atoms with E-state index in [0.29, 0.717) is 17.6 Å². The molecule has 4 N–H and O–H groups in total. The van der Waals surface area contributed by atoms with Gasteiger partial charge in [0.25, 0.3) is 0 Å². The minimum absolute atomic E-state index is 0.449. The van der Waals surface area contributed by atoms with Crippen molar-refractivity contribution < 1.29 is 0 Å². The minimum atomic E-state index is 0.449. The molecule has 0 fully saturated rings. The number of nitrogen functional groups attached to an aromatic ring is 1. The Kier molecular flexibility index (Phi) is 2.75. The summed E-state index contributed by atoms with van der Waals surface area (Å²) in [4.78, 5) is 8.64. The van der Waals surface area contributed by atoms with Gasteiger partial charge in [-0.05, 0) is 18.6 Å². The van der Waals surface area contributed by atoms with E-state index in [9.17, 15) is 0 Å². The van der Waals surface area contributed by atoms with Gasteiger partial charge >= 0.3 is 0 Å². The Morgan fingerprint density at radius 2 is 2.11 bits per heavy atom. The van der Waals surface area contributed by atoms with Crippen molar-refractivity contribution in [3.8, 4) is 0 Å². The molecule has 0 saturated heterocycles. The highest BCUT2D eigenvalue weighted by molar-refractivity contribution is 5.89. The highest BCUT2D eigenvalue weighted by Crippen LogP contribution is 2.20. The number of rotatable bonds is 3. The van der Waals surface area contributed by atoms with Crippen LogP contribution in [0.5, 0.6) is 0 Å². The molecule has 0 unspecified atom stereocenters. The minimum Gasteiger partial charge on any atom is -0.383 e. The zero-order valence-corrected chi connectivity index (χ0v) is 10.5. The van der Waals surface area contributed by atoms with Crippen molar-refractivity contribution in [2.45, 2.75) is 13.3 Å². The van der Waals surface area contributed by atoms with Gasteiger partial charge in [0.05, 0.1) is 5.52 Å². The second-order valence-corrected chi connectivity index (χ2v) is 4.21. The van der Waals surface area contributed by atoms with Gasteiger partial charge in [-0.15, -0.1) is 0 Å². The largest absolute Gasteiger partial charge is 0.383 e. The molecular weight excluding hydrogens is 240 g/mol. The van der Waals surface area contributed by atoms with Crippen LogP contribution in [0.3, 0.4) is 0 Å². The van der Waals surface area contributed by atoms with E-state index in [2.05, 4.69) is 32.4 Å². The summed E-state index contributed by atoms with van der Waals surface area (Å²) in [6.07, 6.45) is 0.898. The Morgan fingerprint density at radius 3 is 2.89 bits per heavy atom. The van der Waals surface area contributed by atoms with Crippen molar-refractivity contribution in [3.63, 3.8) is 0 Å². The van der Waals surface area contributed by atoms with Crippen LogP contribution in [0.4, 0.5) is 17.6 Å². The number of aromatic nitrogens is 4. The highest BCUT2D eigenvalue weighted by Gasteiger charge is 2.06. The molecule has 19 heavy (non-hydrogen) atoms. The van der Waals surface area contributed by atoms with Crippen LogP contribution < -0.4 is 11.1 Å². The van der Waals surface area contributed by atoms with Crippen molar-refractivity contribution >= 4 is 28.5 Å². The Labute approximate surface area is 110 Å². The summed E-state index contributed by atoms with van der Waals surface area (Å²) in [6.45, 7) is 2.06. The van der Waals surface area contributed by atoms with Crippen LogP contribution in [0.25, 0.3) is 10.9 Å². The predicted molar refractivity (Wildman–Crippen MR) is 75.2 cm³/mol. The number of hydrogen-bond donors (Lipinski definition) is 3. The summed E-state index contributed by atoms with van der Waals surface area (Å²) < 4.78 is 0. The summed E-state index contributed by atoms with van der Waals surface area (Å²) in [7, 11) is 0. The number of nitrogens with one attached hydrogen (secondary N) is 2. The number of fused-ring (bicyclic) bond motifs is 1. The molecule has 0 spiro atoms. The zero-order chi connectivity index (χ0) is 13.2. The van der Waals surface area contributed by atoms with E-state index in [-0.39, 0.29) is 0 Å². The third-order valence-electron chi connectivity index (χ3n) is 2.88. The van der Waals surface area contributed by atoms with Crippen molar-refractivity contribution in [3.05, 3.63) is 36.0 Å². The summed E-state index contributed by atoms with van der Waals surface area (Å²) >= 11 is 0. The average molecular weight is 254 g/mol. The third-order valence-corrected chi connectivity index (χ3v) is 2.88. The molecular formula is C13H14N6. The molecule has 2 heterocycles. The lowest BCUT2D eigenvalue weighted by Crippen LogP contribution is -2.01. The number of benzene rings is 1. The van der Waals surface area contributed by atoms with Crippen molar-refractivity contribution in [1.29, 1.82) is 0 Å². The number of nitrogens with two attached hydrogens (primary N) is 1. The second kappa shape index (κ2) is 4.56. The van der Waals surface area contributed by atoms with E-state index in [0.717, 1.165) is 23.0 Å².